The van der Waals surface area contributed by atoms with E-state index < -0.39 is 11.3 Å². The van der Waals surface area contributed by atoms with Crippen LogP contribution < -0.4 is 10.2 Å². The van der Waals surface area contributed by atoms with Gasteiger partial charge in [-0.15, -0.1) is 0 Å². The molecule has 0 saturated carbocycles. The number of rotatable bonds is 5. The molecule has 1 amide bonds. The smallest absolute Gasteiger partial charge is 0.278 e. The van der Waals surface area contributed by atoms with Crippen LogP contribution in [0.5, 0.6) is 5.75 Å². The molecule has 0 spiro atoms. The third-order valence-corrected chi connectivity index (χ3v) is 4.82. The van der Waals surface area contributed by atoms with Gasteiger partial charge in [0.15, 0.2) is 5.69 Å². The zero-order valence-electron chi connectivity index (χ0n) is 16.8. The Labute approximate surface area is 174 Å². The Kier molecular flexibility index (Phi) is 6.03. The molecule has 150 valence electrons. The lowest BCUT2D eigenvalue weighted by Crippen LogP contribution is -2.33. The molecule has 0 saturated heterocycles. The Morgan fingerprint density at radius 1 is 1.14 bits per heavy atom. The summed E-state index contributed by atoms with van der Waals surface area (Å²) in [5.41, 5.74) is 2.69. The number of nitrogens with zero attached hydrogens (tertiary/aromatic N) is 3. The van der Waals surface area contributed by atoms with E-state index in [2.05, 4.69) is 5.10 Å². The fourth-order valence-corrected chi connectivity index (χ4v) is 3.20. The molecule has 0 bridgehead atoms. The van der Waals surface area contributed by atoms with Gasteiger partial charge in [0.2, 0.25) is 5.43 Å². The van der Waals surface area contributed by atoms with Crippen LogP contribution in [0.1, 0.15) is 27.3 Å². The van der Waals surface area contributed by atoms with E-state index in [-0.39, 0.29) is 5.69 Å². The van der Waals surface area contributed by atoms with Gasteiger partial charge >= 0.3 is 0 Å². The number of aromatic nitrogens is 2. The minimum atomic E-state index is -0.457. The van der Waals surface area contributed by atoms with Crippen LogP contribution >= 0.6 is 11.6 Å². The Morgan fingerprint density at radius 3 is 2.48 bits per heavy atom. The van der Waals surface area contributed by atoms with Gasteiger partial charge in [0.1, 0.15) is 5.75 Å². The number of aryl methyl sites for hydroxylation is 2. The summed E-state index contributed by atoms with van der Waals surface area (Å²) in [6.45, 7) is 4.02. The standard InChI is InChI=1S/C22H22ClN3O3/c1-14-5-10-20(29-4)16(11-14)13-25(3)22(28)21-19(27)12-15(2)26(24-21)18-8-6-17(23)7-9-18/h5-12H,13H2,1-4H3. The van der Waals surface area contributed by atoms with Crippen molar-refractivity contribution in [3.63, 3.8) is 0 Å². The van der Waals surface area contributed by atoms with E-state index in [1.807, 2.05) is 25.1 Å². The molecule has 0 aliphatic heterocycles. The summed E-state index contributed by atoms with van der Waals surface area (Å²) in [6.07, 6.45) is 0. The first-order chi connectivity index (χ1) is 13.8. The second-order valence-electron chi connectivity index (χ2n) is 6.86. The summed E-state index contributed by atoms with van der Waals surface area (Å²) in [5.74, 6) is 0.229. The molecule has 0 aliphatic carbocycles. The molecule has 0 N–H and O–H groups in total. The van der Waals surface area contributed by atoms with E-state index in [1.165, 1.54) is 11.0 Å². The highest BCUT2D eigenvalue weighted by molar-refractivity contribution is 6.30. The van der Waals surface area contributed by atoms with Crippen molar-refractivity contribution in [3.8, 4) is 11.4 Å². The van der Waals surface area contributed by atoms with Crippen LogP contribution in [0, 0.1) is 13.8 Å². The summed E-state index contributed by atoms with van der Waals surface area (Å²) in [7, 11) is 3.22. The summed E-state index contributed by atoms with van der Waals surface area (Å²) in [6, 6.07) is 14.2. The third kappa shape index (κ3) is 4.49. The third-order valence-electron chi connectivity index (χ3n) is 4.57. The minimum absolute atomic E-state index is 0.139. The lowest BCUT2D eigenvalue weighted by Gasteiger charge is -2.19. The maximum absolute atomic E-state index is 13.0. The van der Waals surface area contributed by atoms with Crippen LogP contribution in [0.3, 0.4) is 0 Å². The number of hydrogen-bond acceptors (Lipinski definition) is 4. The molecule has 3 aromatic rings. The molecular formula is C22H22ClN3O3. The SMILES string of the molecule is COc1ccc(C)cc1CN(C)C(=O)c1nn(-c2ccc(Cl)cc2)c(C)cc1=O. The number of ether oxygens (including phenoxy) is 1. The summed E-state index contributed by atoms with van der Waals surface area (Å²) < 4.78 is 6.94. The van der Waals surface area contributed by atoms with E-state index in [1.54, 1.807) is 50.0 Å². The molecule has 0 aliphatic rings. The van der Waals surface area contributed by atoms with Gasteiger partial charge in [-0.2, -0.15) is 5.10 Å². The predicted molar refractivity (Wildman–Crippen MR) is 113 cm³/mol. The molecule has 0 radical (unpaired) electrons. The van der Waals surface area contributed by atoms with E-state index in [4.69, 9.17) is 16.3 Å². The van der Waals surface area contributed by atoms with Gasteiger partial charge in [0, 0.05) is 35.9 Å². The number of methoxy groups -OCH3 is 1. The highest BCUT2D eigenvalue weighted by Gasteiger charge is 2.20. The lowest BCUT2D eigenvalue weighted by molar-refractivity contribution is 0.0775. The van der Waals surface area contributed by atoms with E-state index >= 15 is 0 Å². The Hall–Kier alpha value is -3.12. The molecule has 0 unspecified atom stereocenters. The Bertz CT molecular complexity index is 1110. The van der Waals surface area contributed by atoms with Gasteiger partial charge in [0.25, 0.3) is 5.91 Å². The fraction of sp³-hybridized carbons (Fsp3) is 0.227. The second kappa shape index (κ2) is 8.49. The predicted octanol–water partition coefficient (Wildman–Crippen LogP) is 3.78. The Morgan fingerprint density at radius 2 is 1.83 bits per heavy atom. The van der Waals surface area contributed by atoms with Crippen LogP contribution in [-0.4, -0.2) is 34.7 Å². The van der Waals surface area contributed by atoms with Crippen LogP contribution in [0.15, 0.2) is 53.3 Å². The maximum atomic E-state index is 13.0. The molecule has 29 heavy (non-hydrogen) atoms. The number of carbonyl (C=O) groups is 1. The van der Waals surface area contributed by atoms with Crippen LogP contribution in [0.25, 0.3) is 5.69 Å². The van der Waals surface area contributed by atoms with Gasteiger partial charge < -0.3 is 9.64 Å². The normalized spacial score (nSPS) is 10.7. The summed E-state index contributed by atoms with van der Waals surface area (Å²) in [4.78, 5) is 26.9. The Balaban J connectivity index is 1.94. The van der Waals surface area contributed by atoms with E-state index in [0.29, 0.717) is 28.7 Å². The molecule has 1 aromatic heterocycles. The monoisotopic (exact) mass is 411 g/mol. The van der Waals surface area contributed by atoms with Crippen molar-refractivity contribution < 1.29 is 9.53 Å². The first-order valence-corrected chi connectivity index (χ1v) is 9.44. The van der Waals surface area contributed by atoms with Gasteiger partial charge in [0.05, 0.1) is 12.8 Å². The van der Waals surface area contributed by atoms with Gasteiger partial charge in [-0.25, -0.2) is 4.68 Å². The van der Waals surface area contributed by atoms with Crippen molar-refractivity contribution in [2.24, 2.45) is 0 Å². The molecule has 3 rings (SSSR count). The van der Waals surface area contributed by atoms with Crippen molar-refractivity contribution >= 4 is 17.5 Å². The quantitative estimate of drug-likeness (QED) is 0.640. The average molecular weight is 412 g/mol. The molecule has 0 atom stereocenters. The number of amides is 1. The van der Waals surface area contributed by atoms with E-state index in [9.17, 15) is 9.59 Å². The van der Waals surface area contributed by atoms with Gasteiger partial charge in [-0.05, 0) is 44.2 Å². The van der Waals surface area contributed by atoms with Crippen molar-refractivity contribution in [2.45, 2.75) is 20.4 Å². The fourth-order valence-electron chi connectivity index (χ4n) is 3.08. The summed E-state index contributed by atoms with van der Waals surface area (Å²) >= 11 is 5.95. The molecule has 1 heterocycles. The maximum Gasteiger partial charge on any atom is 0.278 e. The largest absolute Gasteiger partial charge is 0.496 e. The molecule has 6 nitrogen and oxygen atoms in total. The molecule has 2 aromatic carbocycles. The van der Waals surface area contributed by atoms with Crippen LogP contribution in [-0.2, 0) is 6.54 Å². The van der Waals surface area contributed by atoms with Crippen molar-refractivity contribution in [1.82, 2.24) is 14.7 Å². The van der Waals surface area contributed by atoms with E-state index in [0.717, 1.165) is 11.1 Å². The minimum Gasteiger partial charge on any atom is -0.496 e. The first kappa shape index (κ1) is 20.6. The first-order valence-electron chi connectivity index (χ1n) is 9.06. The number of halogens is 1. The highest BCUT2D eigenvalue weighted by atomic mass is 35.5. The van der Waals surface area contributed by atoms with Crippen molar-refractivity contribution in [1.29, 1.82) is 0 Å². The lowest BCUT2D eigenvalue weighted by atomic mass is 10.1. The zero-order valence-corrected chi connectivity index (χ0v) is 17.5. The second-order valence-corrected chi connectivity index (χ2v) is 7.30. The zero-order chi connectivity index (χ0) is 21.1. The topological polar surface area (TPSA) is 64.4 Å². The van der Waals surface area contributed by atoms with Gasteiger partial charge in [-0.3, -0.25) is 9.59 Å². The highest BCUT2D eigenvalue weighted by Crippen LogP contribution is 2.21. The molecular weight excluding hydrogens is 390 g/mol. The number of benzene rings is 2. The summed E-state index contributed by atoms with van der Waals surface area (Å²) in [5, 5.41) is 4.93. The average Bonchev–Trinajstić information content (AvgIpc) is 2.68. The number of carbonyl (C=O) groups excluding carboxylic acids is 1. The van der Waals surface area contributed by atoms with Crippen LogP contribution in [0.2, 0.25) is 5.02 Å². The van der Waals surface area contributed by atoms with Crippen molar-refractivity contribution in [3.05, 3.63) is 86.3 Å². The van der Waals surface area contributed by atoms with Gasteiger partial charge in [-0.1, -0.05) is 29.3 Å². The van der Waals surface area contributed by atoms with Crippen molar-refractivity contribution in [2.75, 3.05) is 14.2 Å². The van der Waals surface area contributed by atoms with Crippen LogP contribution in [0.4, 0.5) is 0 Å². The molecule has 7 heteroatoms. The molecule has 0 fully saturated rings. The number of hydrogen-bond donors (Lipinski definition) is 0.